The molecule has 7 nitrogen and oxygen atoms in total. The Bertz CT molecular complexity index is 941. The first-order valence-corrected chi connectivity index (χ1v) is 10.9. The highest BCUT2D eigenvalue weighted by atomic mass is 19.4. The van der Waals surface area contributed by atoms with Crippen molar-refractivity contribution in [2.75, 3.05) is 19.6 Å². The van der Waals surface area contributed by atoms with Crippen molar-refractivity contribution in [3.63, 3.8) is 0 Å². The number of carbonyl (C=O) groups is 3. The predicted octanol–water partition coefficient (Wildman–Crippen LogP) is 4.21. The Morgan fingerprint density at radius 1 is 1.15 bits per heavy atom. The van der Waals surface area contributed by atoms with Crippen molar-refractivity contribution < 1.29 is 36.7 Å². The molecule has 0 bridgehead atoms. The molecule has 1 aromatic rings. The summed E-state index contributed by atoms with van der Waals surface area (Å²) in [6.45, 7) is 10.6. The van der Waals surface area contributed by atoms with Crippen molar-refractivity contribution >= 4 is 17.9 Å². The monoisotopic (exact) mass is 489 g/mol. The molecule has 0 unspecified atom stereocenters. The van der Waals surface area contributed by atoms with Gasteiger partial charge in [-0.1, -0.05) is 6.92 Å². The lowest BCUT2D eigenvalue weighted by Gasteiger charge is -2.47. The maximum atomic E-state index is 14.0. The summed E-state index contributed by atoms with van der Waals surface area (Å²) < 4.78 is 57.7. The summed E-state index contributed by atoms with van der Waals surface area (Å²) in [5.74, 6) is -2.50. The number of alkyl halides is 3. The molecule has 1 aromatic carbocycles. The van der Waals surface area contributed by atoms with E-state index in [0.29, 0.717) is 18.6 Å². The van der Waals surface area contributed by atoms with Gasteiger partial charge in [0, 0.05) is 25.2 Å². The summed E-state index contributed by atoms with van der Waals surface area (Å²) in [6.07, 6.45) is -5.26. The van der Waals surface area contributed by atoms with Gasteiger partial charge in [0.25, 0.3) is 5.91 Å². The molecule has 0 spiro atoms. The lowest BCUT2D eigenvalue weighted by Crippen LogP contribution is -2.64. The highest BCUT2D eigenvalue weighted by Gasteiger charge is 2.41. The molecule has 0 aliphatic carbocycles. The van der Waals surface area contributed by atoms with Crippen molar-refractivity contribution in [1.29, 1.82) is 0 Å². The smallest absolute Gasteiger partial charge is 0.419 e. The Morgan fingerprint density at radius 2 is 1.76 bits per heavy atom. The third-order valence-electron chi connectivity index (χ3n) is 5.38. The van der Waals surface area contributed by atoms with Crippen LogP contribution in [0.5, 0.6) is 0 Å². The fraction of sp³-hybridized carbons (Fsp3) is 0.609. The third kappa shape index (κ3) is 6.60. The minimum Gasteiger partial charge on any atom is -0.444 e. The molecule has 1 saturated heterocycles. The van der Waals surface area contributed by atoms with Crippen LogP contribution in [0.1, 0.15) is 63.9 Å². The molecule has 1 atom stereocenters. The number of halogens is 4. The van der Waals surface area contributed by atoms with E-state index in [1.807, 2.05) is 0 Å². The minimum atomic E-state index is -4.86. The standard InChI is InChI=1S/C23H31F4N3O4/c1-7-17(28-20(33)34-21(2,3)4)19(32)29-10-11-30(22(5,6)13-29)18(31)14-8-9-15(16(24)12-14)23(25,26)27/h8-9,12,17H,7,10-11,13H2,1-6H3,(H,28,33)/t17-/m0/s1. The first-order valence-electron chi connectivity index (χ1n) is 10.9. The summed E-state index contributed by atoms with van der Waals surface area (Å²) in [7, 11) is 0. The van der Waals surface area contributed by atoms with E-state index in [2.05, 4.69) is 5.32 Å². The number of hydrogen-bond acceptors (Lipinski definition) is 4. The first kappa shape index (κ1) is 27.4. The van der Waals surface area contributed by atoms with E-state index < -0.39 is 46.7 Å². The van der Waals surface area contributed by atoms with Crippen LogP contribution in [0.25, 0.3) is 0 Å². The fourth-order valence-corrected chi connectivity index (χ4v) is 3.76. The molecule has 0 radical (unpaired) electrons. The van der Waals surface area contributed by atoms with Crippen LogP contribution < -0.4 is 5.32 Å². The second kappa shape index (κ2) is 9.79. The average molecular weight is 490 g/mol. The fourth-order valence-electron chi connectivity index (χ4n) is 3.76. The van der Waals surface area contributed by atoms with E-state index in [1.54, 1.807) is 41.5 Å². The molecule has 1 fully saturated rings. The zero-order valence-corrected chi connectivity index (χ0v) is 20.2. The van der Waals surface area contributed by atoms with Gasteiger partial charge in [-0.3, -0.25) is 9.59 Å². The molecule has 0 saturated carbocycles. The molecule has 2 rings (SSSR count). The Kier molecular flexibility index (Phi) is 7.89. The van der Waals surface area contributed by atoms with Crippen LogP contribution >= 0.6 is 0 Å². The molecular weight excluding hydrogens is 458 g/mol. The number of rotatable bonds is 4. The molecular formula is C23H31F4N3O4. The number of amides is 3. The molecule has 1 aliphatic rings. The number of alkyl carbamates (subject to hydrolysis) is 1. The Morgan fingerprint density at radius 3 is 2.24 bits per heavy atom. The van der Waals surface area contributed by atoms with E-state index in [9.17, 15) is 31.9 Å². The zero-order chi connectivity index (χ0) is 26.1. The predicted molar refractivity (Wildman–Crippen MR) is 117 cm³/mol. The van der Waals surface area contributed by atoms with Gasteiger partial charge in [-0.25, -0.2) is 9.18 Å². The average Bonchev–Trinajstić information content (AvgIpc) is 2.67. The van der Waals surface area contributed by atoms with Gasteiger partial charge in [-0.15, -0.1) is 0 Å². The number of nitrogens with one attached hydrogen (secondary N) is 1. The van der Waals surface area contributed by atoms with Crippen molar-refractivity contribution in [2.45, 2.75) is 71.3 Å². The van der Waals surface area contributed by atoms with Gasteiger partial charge in [-0.2, -0.15) is 13.2 Å². The number of nitrogens with zero attached hydrogens (tertiary/aromatic N) is 2. The molecule has 3 amide bonds. The van der Waals surface area contributed by atoms with E-state index in [1.165, 1.54) is 9.80 Å². The lowest BCUT2D eigenvalue weighted by atomic mass is 9.96. The van der Waals surface area contributed by atoms with E-state index >= 15 is 0 Å². The van der Waals surface area contributed by atoms with Crippen LogP contribution in [0.4, 0.5) is 22.4 Å². The highest BCUT2D eigenvalue weighted by Crippen LogP contribution is 2.32. The zero-order valence-electron chi connectivity index (χ0n) is 20.2. The highest BCUT2D eigenvalue weighted by molar-refractivity contribution is 5.95. The van der Waals surface area contributed by atoms with Crippen LogP contribution in [-0.2, 0) is 15.7 Å². The van der Waals surface area contributed by atoms with Crippen molar-refractivity contribution in [3.05, 3.63) is 35.1 Å². The molecule has 34 heavy (non-hydrogen) atoms. The van der Waals surface area contributed by atoms with Crippen LogP contribution in [0.15, 0.2) is 18.2 Å². The van der Waals surface area contributed by atoms with Gasteiger partial charge in [0.15, 0.2) is 0 Å². The van der Waals surface area contributed by atoms with Crippen LogP contribution in [0.2, 0.25) is 0 Å². The van der Waals surface area contributed by atoms with Crippen LogP contribution in [0.3, 0.4) is 0 Å². The largest absolute Gasteiger partial charge is 0.444 e. The van der Waals surface area contributed by atoms with E-state index in [4.69, 9.17) is 4.74 Å². The second-order valence-corrected chi connectivity index (χ2v) is 9.83. The summed E-state index contributed by atoms with van der Waals surface area (Å²) in [6, 6.07) is 1.25. The number of piperazine rings is 1. The lowest BCUT2D eigenvalue weighted by molar-refractivity contribution is -0.140. The Hall–Kier alpha value is -2.85. The summed E-state index contributed by atoms with van der Waals surface area (Å²) in [4.78, 5) is 41.0. The normalized spacial score (nSPS) is 17.2. The summed E-state index contributed by atoms with van der Waals surface area (Å²) in [5, 5.41) is 2.56. The van der Waals surface area contributed by atoms with Gasteiger partial charge >= 0.3 is 12.3 Å². The van der Waals surface area contributed by atoms with Gasteiger partial charge in [0.1, 0.15) is 17.5 Å². The molecule has 11 heteroatoms. The molecule has 1 heterocycles. The van der Waals surface area contributed by atoms with Crippen LogP contribution in [-0.4, -0.2) is 64.5 Å². The van der Waals surface area contributed by atoms with E-state index in [-0.39, 0.29) is 31.1 Å². The maximum absolute atomic E-state index is 14.0. The minimum absolute atomic E-state index is 0.0864. The second-order valence-electron chi connectivity index (χ2n) is 9.83. The number of carbonyl (C=O) groups excluding carboxylic acids is 3. The number of hydrogen-bond donors (Lipinski definition) is 1. The van der Waals surface area contributed by atoms with Crippen molar-refractivity contribution in [1.82, 2.24) is 15.1 Å². The van der Waals surface area contributed by atoms with Gasteiger partial charge in [-0.05, 0) is 59.2 Å². The number of ether oxygens (including phenoxy) is 1. The molecule has 1 aliphatic heterocycles. The summed E-state index contributed by atoms with van der Waals surface area (Å²) >= 11 is 0. The quantitative estimate of drug-likeness (QED) is 0.643. The summed E-state index contributed by atoms with van der Waals surface area (Å²) in [5.41, 5.74) is -3.27. The first-order chi connectivity index (χ1) is 15.5. The molecule has 0 aromatic heterocycles. The van der Waals surface area contributed by atoms with Gasteiger partial charge in [0.2, 0.25) is 5.91 Å². The van der Waals surface area contributed by atoms with Gasteiger partial charge < -0.3 is 19.9 Å². The third-order valence-corrected chi connectivity index (χ3v) is 5.38. The molecule has 1 N–H and O–H groups in total. The number of benzene rings is 1. The van der Waals surface area contributed by atoms with Crippen molar-refractivity contribution in [3.8, 4) is 0 Å². The molecule has 190 valence electrons. The van der Waals surface area contributed by atoms with E-state index in [0.717, 1.165) is 6.07 Å². The van der Waals surface area contributed by atoms with Gasteiger partial charge in [0.05, 0.1) is 11.1 Å². The SMILES string of the molecule is CC[C@H](NC(=O)OC(C)(C)C)C(=O)N1CCN(C(=O)c2ccc(C(F)(F)F)c(F)c2)C(C)(C)C1. The Labute approximate surface area is 196 Å². The topological polar surface area (TPSA) is 79.0 Å². The Balaban J connectivity index is 2.12. The van der Waals surface area contributed by atoms with Crippen molar-refractivity contribution in [2.24, 2.45) is 0 Å². The van der Waals surface area contributed by atoms with Crippen LogP contribution in [0, 0.1) is 5.82 Å². The maximum Gasteiger partial charge on any atom is 0.419 e.